The Hall–Kier alpha value is -1.35. The van der Waals surface area contributed by atoms with Crippen molar-refractivity contribution < 1.29 is 8.42 Å². The first-order valence-corrected chi connectivity index (χ1v) is 8.77. The topological polar surface area (TPSA) is 58.2 Å². The molecule has 0 aliphatic carbocycles. The lowest BCUT2D eigenvalue weighted by atomic mass is 10.2. The highest BCUT2D eigenvalue weighted by Crippen LogP contribution is 2.12. The number of hydrogen-bond acceptors (Lipinski definition) is 3. The van der Waals surface area contributed by atoms with Gasteiger partial charge in [-0.3, -0.25) is 0 Å². The molecule has 0 spiro atoms. The largest absolute Gasteiger partial charge is 0.313 e. The molecule has 1 aromatic rings. The number of terminal acetylenes is 1. The van der Waals surface area contributed by atoms with Gasteiger partial charge in [-0.2, -0.15) is 0 Å². The molecule has 1 aromatic carbocycles. The summed E-state index contributed by atoms with van der Waals surface area (Å²) in [6.07, 6.45) is 7.39. The van der Waals surface area contributed by atoms with Crippen LogP contribution in [-0.4, -0.2) is 21.0 Å². The van der Waals surface area contributed by atoms with Crippen LogP contribution in [0, 0.1) is 12.3 Å². The van der Waals surface area contributed by atoms with Gasteiger partial charge in [0.25, 0.3) is 0 Å². The summed E-state index contributed by atoms with van der Waals surface area (Å²) in [5.74, 6) is 2.50. The zero-order chi connectivity index (χ0) is 15.7. The van der Waals surface area contributed by atoms with E-state index in [0.29, 0.717) is 12.8 Å². The van der Waals surface area contributed by atoms with Gasteiger partial charge < -0.3 is 5.32 Å². The minimum atomic E-state index is -3.50. The van der Waals surface area contributed by atoms with Gasteiger partial charge in [-0.05, 0) is 37.1 Å². The molecule has 1 unspecified atom stereocenters. The third kappa shape index (κ3) is 5.88. The highest BCUT2D eigenvalue weighted by Gasteiger charge is 2.18. The molecule has 0 heterocycles. The third-order valence-electron chi connectivity index (χ3n) is 3.17. The van der Waals surface area contributed by atoms with Gasteiger partial charge in [-0.1, -0.05) is 26.0 Å². The number of hydrogen-bond donors (Lipinski definition) is 2. The van der Waals surface area contributed by atoms with Crippen LogP contribution in [0.25, 0.3) is 0 Å². The average Bonchev–Trinajstić information content (AvgIpc) is 2.47. The Bertz CT molecular complexity index is 559. The molecule has 0 amide bonds. The number of sulfonamides is 1. The van der Waals surface area contributed by atoms with Gasteiger partial charge in [0.05, 0.1) is 4.90 Å². The Labute approximate surface area is 128 Å². The van der Waals surface area contributed by atoms with E-state index < -0.39 is 10.0 Å². The van der Waals surface area contributed by atoms with Gasteiger partial charge >= 0.3 is 0 Å². The summed E-state index contributed by atoms with van der Waals surface area (Å²) >= 11 is 0. The van der Waals surface area contributed by atoms with Crippen molar-refractivity contribution in [1.29, 1.82) is 0 Å². The van der Waals surface area contributed by atoms with Crippen LogP contribution in [0.4, 0.5) is 0 Å². The molecule has 1 atom stereocenters. The normalized spacial score (nSPS) is 12.8. The van der Waals surface area contributed by atoms with E-state index in [9.17, 15) is 8.42 Å². The first-order valence-electron chi connectivity index (χ1n) is 7.29. The second-order valence-corrected chi connectivity index (χ2v) is 6.67. The van der Waals surface area contributed by atoms with Crippen LogP contribution in [-0.2, 0) is 16.6 Å². The van der Waals surface area contributed by atoms with Crippen LogP contribution >= 0.6 is 0 Å². The molecule has 0 aliphatic heterocycles. The van der Waals surface area contributed by atoms with Crippen molar-refractivity contribution in [3.63, 3.8) is 0 Å². The van der Waals surface area contributed by atoms with Crippen molar-refractivity contribution in [2.24, 2.45) is 0 Å². The van der Waals surface area contributed by atoms with E-state index in [4.69, 9.17) is 6.42 Å². The predicted octanol–water partition coefficient (Wildman–Crippen LogP) is 2.27. The van der Waals surface area contributed by atoms with Crippen molar-refractivity contribution in [3.8, 4) is 12.3 Å². The maximum atomic E-state index is 12.3. The minimum Gasteiger partial charge on any atom is -0.313 e. The smallest absolute Gasteiger partial charge is 0.240 e. The summed E-state index contributed by atoms with van der Waals surface area (Å²) < 4.78 is 27.2. The zero-order valence-electron chi connectivity index (χ0n) is 12.7. The monoisotopic (exact) mass is 308 g/mol. The van der Waals surface area contributed by atoms with Crippen LogP contribution in [0.15, 0.2) is 29.2 Å². The fourth-order valence-electron chi connectivity index (χ4n) is 1.90. The van der Waals surface area contributed by atoms with Crippen molar-refractivity contribution in [3.05, 3.63) is 29.8 Å². The molecule has 5 heteroatoms. The lowest BCUT2D eigenvalue weighted by Crippen LogP contribution is -2.34. The SMILES string of the molecule is C#CCC(CC)NS(=O)(=O)c1ccc(CNCCC)cc1. The van der Waals surface area contributed by atoms with Crippen LogP contribution in [0.3, 0.4) is 0 Å². The van der Waals surface area contributed by atoms with E-state index in [1.54, 1.807) is 12.1 Å². The Morgan fingerprint density at radius 3 is 2.43 bits per heavy atom. The van der Waals surface area contributed by atoms with Crippen molar-refractivity contribution >= 4 is 10.0 Å². The van der Waals surface area contributed by atoms with Crippen molar-refractivity contribution in [1.82, 2.24) is 10.0 Å². The highest BCUT2D eigenvalue weighted by molar-refractivity contribution is 7.89. The molecule has 4 nitrogen and oxygen atoms in total. The Balaban J connectivity index is 2.73. The maximum Gasteiger partial charge on any atom is 0.240 e. The molecule has 0 fully saturated rings. The van der Waals surface area contributed by atoms with Gasteiger partial charge in [-0.25, -0.2) is 13.1 Å². The molecule has 0 aliphatic rings. The second kappa shape index (κ2) is 8.83. The molecule has 1 rings (SSSR count). The number of benzene rings is 1. The molecule has 116 valence electrons. The Morgan fingerprint density at radius 1 is 1.24 bits per heavy atom. The molecular weight excluding hydrogens is 284 g/mol. The van der Waals surface area contributed by atoms with Crippen LogP contribution in [0.5, 0.6) is 0 Å². The highest BCUT2D eigenvalue weighted by atomic mass is 32.2. The van der Waals surface area contributed by atoms with Crippen LogP contribution < -0.4 is 10.0 Å². The van der Waals surface area contributed by atoms with Gasteiger partial charge in [0.2, 0.25) is 10.0 Å². The first-order chi connectivity index (χ1) is 10.0. The third-order valence-corrected chi connectivity index (χ3v) is 4.70. The fraction of sp³-hybridized carbons (Fsp3) is 0.500. The minimum absolute atomic E-state index is 0.217. The molecule has 0 bridgehead atoms. The Kier molecular flexibility index (Phi) is 7.44. The lowest BCUT2D eigenvalue weighted by molar-refractivity contribution is 0.544. The number of nitrogens with one attached hydrogen (secondary N) is 2. The van der Waals surface area contributed by atoms with E-state index in [0.717, 1.165) is 25.1 Å². The van der Waals surface area contributed by atoms with Gasteiger partial charge in [-0.15, -0.1) is 12.3 Å². The van der Waals surface area contributed by atoms with Crippen molar-refractivity contribution in [2.45, 2.75) is 50.6 Å². The van der Waals surface area contributed by atoms with Crippen LogP contribution in [0.2, 0.25) is 0 Å². The van der Waals surface area contributed by atoms with E-state index in [-0.39, 0.29) is 10.9 Å². The summed E-state index contributed by atoms with van der Waals surface area (Å²) in [5.41, 5.74) is 1.07. The molecular formula is C16H24N2O2S. The van der Waals surface area contributed by atoms with Crippen molar-refractivity contribution in [2.75, 3.05) is 6.54 Å². The standard InChI is InChI=1S/C16H24N2O2S/c1-4-7-15(6-3)18-21(19,20)16-10-8-14(9-11-16)13-17-12-5-2/h1,8-11,15,17-18H,5-7,12-13H2,2-3H3. The summed E-state index contributed by atoms with van der Waals surface area (Å²) in [4.78, 5) is 0.275. The quantitative estimate of drug-likeness (QED) is 0.543. The van der Waals surface area contributed by atoms with E-state index >= 15 is 0 Å². The maximum absolute atomic E-state index is 12.3. The summed E-state index contributed by atoms with van der Waals surface area (Å²) in [6.45, 7) is 5.71. The molecule has 2 N–H and O–H groups in total. The molecule has 0 aromatic heterocycles. The Morgan fingerprint density at radius 2 is 1.90 bits per heavy atom. The molecule has 21 heavy (non-hydrogen) atoms. The first kappa shape index (κ1) is 17.7. The summed E-state index contributed by atoms with van der Waals surface area (Å²) in [7, 11) is -3.50. The molecule has 0 saturated heterocycles. The summed E-state index contributed by atoms with van der Waals surface area (Å²) in [5, 5.41) is 3.28. The van der Waals surface area contributed by atoms with Gasteiger partial charge in [0.15, 0.2) is 0 Å². The second-order valence-electron chi connectivity index (χ2n) is 4.96. The lowest BCUT2D eigenvalue weighted by Gasteiger charge is -2.14. The molecule has 0 saturated carbocycles. The van der Waals surface area contributed by atoms with E-state index in [1.807, 2.05) is 19.1 Å². The van der Waals surface area contributed by atoms with Gasteiger partial charge in [0, 0.05) is 19.0 Å². The predicted molar refractivity (Wildman–Crippen MR) is 86.3 cm³/mol. The van der Waals surface area contributed by atoms with E-state index in [2.05, 4.69) is 22.9 Å². The van der Waals surface area contributed by atoms with Crippen LogP contribution in [0.1, 0.15) is 38.7 Å². The zero-order valence-corrected chi connectivity index (χ0v) is 13.5. The van der Waals surface area contributed by atoms with E-state index in [1.165, 1.54) is 0 Å². The molecule has 0 radical (unpaired) electrons. The fourth-order valence-corrected chi connectivity index (χ4v) is 3.21. The number of rotatable bonds is 9. The van der Waals surface area contributed by atoms with Gasteiger partial charge in [0.1, 0.15) is 0 Å². The average molecular weight is 308 g/mol. The summed E-state index contributed by atoms with van der Waals surface area (Å²) in [6, 6.07) is 6.71.